The molecule has 0 radical (unpaired) electrons. The second kappa shape index (κ2) is 7.65. The summed E-state index contributed by atoms with van der Waals surface area (Å²) < 4.78 is 23.3. The van der Waals surface area contributed by atoms with Crippen molar-refractivity contribution in [1.82, 2.24) is 10.2 Å². The van der Waals surface area contributed by atoms with Gasteiger partial charge in [-0.25, -0.2) is 4.39 Å². The van der Waals surface area contributed by atoms with E-state index in [0.29, 0.717) is 28.5 Å². The number of carbonyl (C=O) groups is 1. The normalized spacial score (nSPS) is 10.9. The first kappa shape index (κ1) is 17.4. The number of aromatic amines is 1. The summed E-state index contributed by atoms with van der Waals surface area (Å²) in [5.74, 6) is 0.589. The minimum atomic E-state index is -0.302. The maximum atomic E-state index is 13.0. The van der Waals surface area contributed by atoms with Crippen LogP contribution in [-0.4, -0.2) is 30.2 Å². The number of benzene rings is 2. The molecule has 0 saturated carbocycles. The van der Waals surface area contributed by atoms with Crippen molar-refractivity contribution in [3.8, 4) is 22.8 Å². The molecule has 0 aliphatic heterocycles. The molecule has 3 aromatic rings. The van der Waals surface area contributed by atoms with E-state index in [4.69, 9.17) is 9.47 Å². The van der Waals surface area contributed by atoms with Gasteiger partial charge in [-0.1, -0.05) is 0 Å². The zero-order valence-corrected chi connectivity index (χ0v) is 14.3. The van der Waals surface area contributed by atoms with Crippen LogP contribution in [0.2, 0.25) is 0 Å². The molecular weight excluding hydrogens is 335 g/mol. The van der Waals surface area contributed by atoms with Gasteiger partial charge in [0, 0.05) is 17.2 Å². The van der Waals surface area contributed by atoms with Gasteiger partial charge in [0.05, 0.1) is 25.6 Å². The van der Waals surface area contributed by atoms with Gasteiger partial charge >= 0.3 is 0 Å². The maximum Gasteiger partial charge on any atom is 0.186 e. The van der Waals surface area contributed by atoms with Crippen LogP contribution in [-0.2, 0) is 0 Å². The Labute approximate surface area is 150 Å². The second-order valence-corrected chi connectivity index (χ2v) is 5.51. The molecule has 0 atom stereocenters. The fourth-order valence-corrected chi connectivity index (χ4v) is 2.40. The number of carbonyl (C=O) groups excluding carboxylic acids is 1. The van der Waals surface area contributed by atoms with E-state index >= 15 is 0 Å². The predicted octanol–water partition coefficient (Wildman–Crippen LogP) is 4.13. The van der Waals surface area contributed by atoms with Crippen LogP contribution in [0.1, 0.15) is 16.1 Å². The molecule has 0 bridgehead atoms. The number of methoxy groups -OCH3 is 2. The molecule has 26 heavy (non-hydrogen) atoms. The number of hydrogen-bond donors (Lipinski definition) is 1. The number of halogens is 1. The molecule has 0 saturated heterocycles. The molecule has 1 aromatic heterocycles. The van der Waals surface area contributed by atoms with Gasteiger partial charge in [-0.2, -0.15) is 5.10 Å². The summed E-state index contributed by atoms with van der Waals surface area (Å²) >= 11 is 0. The van der Waals surface area contributed by atoms with E-state index in [1.165, 1.54) is 32.4 Å². The van der Waals surface area contributed by atoms with Gasteiger partial charge in [-0.3, -0.25) is 9.89 Å². The Morgan fingerprint density at radius 3 is 2.31 bits per heavy atom. The van der Waals surface area contributed by atoms with E-state index in [0.717, 1.165) is 5.56 Å². The first-order valence-electron chi connectivity index (χ1n) is 7.86. The average molecular weight is 352 g/mol. The molecule has 0 spiro atoms. The van der Waals surface area contributed by atoms with Gasteiger partial charge in [0.15, 0.2) is 5.78 Å². The molecule has 0 fully saturated rings. The van der Waals surface area contributed by atoms with E-state index in [1.807, 2.05) is 0 Å². The van der Waals surface area contributed by atoms with Crippen molar-refractivity contribution in [3.05, 3.63) is 71.7 Å². The molecule has 1 N–H and O–H groups in total. The molecule has 0 unspecified atom stereocenters. The number of hydrogen-bond acceptors (Lipinski definition) is 4. The van der Waals surface area contributed by atoms with Crippen molar-refractivity contribution in [2.75, 3.05) is 14.2 Å². The van der Waals surface area contributed by atoms with Crippen molar-refractivity contribution < 1.29 is 18.7 Å². The lowest BCUT2D eigenvalue weighted by Crippen LogP contribution is -1.97. The highest BCUT2D eigenvalue weighted by Gasteiger charge is 2.08. The lowest BCUT2D eigenvalue weighted by Gasteiger charge is -2.06. The van der Waals surface area contributed by atoms with E-state index in [2.05, 4.69) is 10.2 Å². The number of nitrogens with zero attached hydrogens (tertiary/aromatic N) is 1. The van der Waals surface area contributed by atoms with Crippen molar-refractivity contribution >= 4 is 11.9 Å². The highest BCUT2D eigenvalue weighted by Crippen LogP contribution is 2.23. The van der Waals surface area contributed by atoms with Gasteiger partial charge < -0.3 is 9.47 Å². The minimum Gasteiger partial charge on any atom is -0.497 e. The van der Waals surface area contributed by atoms with Crippen LogP contribution in [0.5, 0.6) is 11.5 Å². The SMILES string of the molecule is COc1cc(OC)cc(C(=O)C=Cc2cc(-c3ccc(F)cc3)n[nH]2)c1. The van der Waals surface area contributed by atoms with Crippen molar-refractivity contribution in [2.45, 2.75) is 0 Å². The Balaban J connectivity index is 1.78. The third-order valence-electron chi connectivity index (χ3n) is 3.79. The molecule has 0 amide bonds. The standard InChI is InChI=1S/C20H17FN2O3/c1-25-17-9-14(10-18(12-17)26-2)20(24)8-7-16-11-19(23-22-16)13-3-5-15(21)6-4-13/h3-12H,1-2H3,(H,22,23). The van der Waals surface area contributed by atoms with Gasteiger partial charge in [0.2, 0.25) is 0 Å². The lowest BCUT2D eigenvalue weighted by molar-refractivity contribution is 0.104. The monoisotopic (exact) mass is 352 g/mol. The van der Waals surface area contributed by atoms with Crippen LogP contribution in [0.25, 0.3) is 17.3 Å². The van der Waals surface area contributed by atoms with E-state index in [-0.39, 0.29) is 11.6 Å². The number of nitrogens with one attached hydrogen (secondary N) is 1. The summed E-state index contributed by atoms with van der Waals surface area (Å²) in [5.41, 5.74) is 2.56. The molecule has 132 valence electrons. The maximum absolute atomic E-state index is 13.0. The van der Waals surface area contributed by atoms with Crippen LogP contribution in [0.3, 0.4) is 0 Å². The van der Waals surface area contributed by atoms with E-state index in [9.17, 15) is 9.18 Å². The third-order valence-corrected chi connectivity index (χ3v) is 3.79. The third kappa shape index (κ3) is 3.97. The van der Waals surface area contributed by atoms with Gasteiger partial charge in [-0.05, 0) is 54.6 Å². The van der Waals surface area contributed by atoms with Gasteiger partial charge in [0.25, 0.3) is 0 Å². The van der Waals surface area contributed by atoms with Crippen LogP contribution < -0.4 is 9.47 Å². The quantitative estimate of drug-likeness (QED) is 0.535. The average Bonchev–Trinajstić information content (AvgIpc) is 3.15. The summed E-state index contributed by atoms with van der Waals surface area (Å²) in [6, 6.07) is 12.8. The Morgan fingerprint density at radius 1 is 1.04 bits per heavy atom. The zero-order valence-electron chi connectivity index (χ0n) is 14.3. The molecule has 0 aliphatic carbocycles. The number of ketones is 1. The summed E-state index contributed by atoms with van der Waals surface area (Å²) in [6.45, 7) is 0. The molecule has 2 aromatic carbocycles. The van der Waals surface area contributed by atoms with Crippen molar-refractivity contribution in [3.63, 3.8) is 0 Å². The van der Waals surface area contributed by atoms with Gasteiger partial charge in [-0.15, -0.1) is 0 Å². The first-order valence-corrected chi connectivity index (χ1v) is 7.86. The molecule has 5 nitrogen and oxygen atoms in total. The van der Waals surface area contributed by atoms with Crippen molar-refractivity contribution in [1.29, 1.82) is 0 Å². The van der Waals surface area contributed by atoms with Crippen LogP contribution in [0.4, 0.5) is 4.39 Å². The summed E-state index contributed by atoms with van der Waals surface area (Å²) in [6.07, 6.45) is 3.07. The highest BCUT2D eigenvalue weighted by molar-refractivity contribution is 6.07. The number of aromatic nitrogens is 2. The largest absolute Gasteiger partial charge is 0.497 e. The summed E-state index contributed by atoms with van der Waals surface area (Å²) in [4.78, 5) is 12.4. The van der Waals surface area contributed by atoms with Crippen LogP contribution in [0, 0.1) is 5.82 Å². The highest BCUT2D eigenvalue weighted by atomic mass is 19.1. The predicted molar refractivity (Wildman–Crippen MR) is 96.9 cm³/mol. The molecule has 6 heteroatoms. The smallest absolute Gasteiger partial charge is 0.186 e. The van der Waals surface area contributed by atoms with Crippen molar-refractivity contribution in [2.24, 2.45) is 0 Å². The molecule has 3 rings (SSSR count). The number of ether oxygens (including phenoxy) is 2. The topological polar surface area (TPSA) is 64.2 Å². The van der Waals surface area contributed by atoms with E-state index in [1.54, 1.807) is 42.5 Å². The minimum absolute atomic E-state index is 0.194. The van der Waals surface area contributed by atoms with Gasteiger partial charge in [0.1, 0.15) is 17.3 Å². The van der Waals surface area contributed by atoms with E-state index < -0.39 is 0 Å². The Morgan fingerprint density at radius 2 is 1.69 bits per heavy atom. The fraction of sp³-hybridized carbons (Fsp3) is 0.100. The van der Waals surface area contributed by atoms with Crippen LogP contribution >= 0.6 is 0 Å². The number of allylic oxidation sites excluding steroid dienone is 1. The molecule has 0 aliphatic rings. The second-order valence-electron chi connectivity index (χ2n) is 5.51. The van der Waals surface area contributed by atoms with Crippen LogP contribution in [0.15, 0.2) is 54.6 Å². The number of rotatable bonds is 6. The summed E-state index contributed by atoms with van der Waals surface area (Å²) in [7, 11) is 3.06. The molecule has 1 heterocycles. The Bertz CT molecular complexity index is 924. The Hall–Kier alpha value is -3.41. The fourth-order valence-electron chi connectivity index (χ4n) is 2.40. The molecular formula is C20H17FN2O3. The lowest BCUT2D eigenvalue weighted by atomic mass is 10.1. The zero-order chi connectivity index (χ0) is 18.5. The number of H-pyrrole nitrogens is 1. The Kier molecular flexibility index (Phi) is 5.12. The summed E-state index contributed by atoms with van der Waals surface area (Å²) in [5, 5.41) is 7.01. The first-order chi connectivity index (χ1) is 12.6.